The van der Waals surface area contributed by atoms with Crippen molar-refractivity contribution in [2.45, 2.75) is 6.54 Å². The molecule has 1 aliphatic heterocycles. The molecule has 1 aromatic heterocycles. The maximum absolute atomic E-state index is 12.2. The number of carbonyl (C=O) groups excluding carboxylic acids is 4. The molecule has 1 aromatic carbocycles. The molecule has 2 aromatic rings. The Kier molecular flexibility index (Phi) is 3.53. The molecular formula is C16H12N2O5. The van der Waals surface area contributed by atoms with Gasteiger partial charge in [-0.1, -0.05) is 30.3 Å². The highest BCUT2D eigenvalue weighted by Crippen LogP contribution is 2.22. The van der Waals surface area contributed by atoms with E-state index >= 15 is 0 Å². The van der Waals surface area contributed by atoms with E-state index in [0.29, 0.717) is 0 Å². The highest BCUT2D eigenvalue weighted by atomic mass is 16.5. The van der Waals surface area contributed by atoms with Gasteiger partial charge >= 0.3 is 11.9 Å². The second-order valence-electron chi connectivity index (χ2n) is 4.97. The minimum Gasteiger partial charge on any atom is -0.464 e. The zero-order valence-corrected chi connectivity index (χ0v) is 12.2. The Labute approximate surface area is 130 Å². The molecule has 7 nitrogen and oxygen atoms in total. The molecule has 1 aliphatic rings. The van der Waals surface area contributed by atoms with Gasteiger partial charge in [-0.15, -0.1) is 0 Å². The van der Waals surface area contributed by atoms with Crippen LogP contribution < -0.4 is 5.32 Å². The van der Waals surface area contributed by atoms with Crippen LogP contribution in [-0.2, 0) is 16.1 Å². The van der Waals surface area contributed by atoms with E-state index in [9.17, 15) is 19.2 Å². The van der Waals surface area contributed by atoms with Crippen molar-refractivity contribution in [3.8, 4) is 0 Å². The van der Waals surface area contributed by atoms with Gasteiger partial charge in [0.1, 0.15) is 11.4 Å². The number of amides is 2. The first kappa shape index (κ1) is 14.7. The van der Waals surface area contributed by atoms with Crippen LogP contribution in [0.25, 0.3) is 0 Å². The van der Waals surface area contributed by atoms with Gasteiger partial charge in [0.2, 0.25) is 0 Å². The second kappa shape index (κ2) is 5.53. The van der Waals surface area contributed by atoms with E-state index in [4.69, 9.17) is 4.74 Å². The van der Waals surface area contributed by atoms with Crippen LogP contribution in [0.2, 0.25) is 0 Å². The van der Waals surface area contributed by atoms with Crippen LogP contribution in [0.4, 0.5) is 0 Å². The zero-order chi connectivity index (χ0) is 16.6. The van der Waals surface area contributed by atoms with Crippen LogP contribution in [0.3, 0.4) is 0 Å². The summed E-state index contributed by atoms with van der Waals surface area (Å²) in [7, 11) is 1.20. The minimum atomic E-state index is -1.01. The van der Waals surface area contributed by atoms with E-state index in [-0.39, 0.29) is 23.5 Å². The van der Waals surface area contributed by atoms with E-state index in [1.54, 1.807) is 0 Å². The first-order valence-corrected chi connectivity index (χ1v) is 6.78. The molecule has 0 saturated heterocycles. The van der Waals surface area contributed by atoms with E-state index < -0.39 is 23.6 Å². The van der Waals surface area contributed by atoms with Gasteiger partial charge in [0.05, 0.1) is 12.7 Å². The van der Waals surface area contributed by atoms with Crippen LogP contribution in [-0.4, -0.2) is 35.2 Å². The number of fused-ring (bicyclic) bond motifs is 1. The fraction of sp³-hybridized carbons (Fsp3) is 0.125. The van der Waals surface area contributed by atoms with Crippen molar-refractivity contribution in [2.24, 2.45) is 0 Å². The monoisotopic (exact) mass is 312 g/mol. The first-order valence-electron chi connectivity index (χ1n) is 6.78. The third kappa shape index (κ3) is 2.42. The molecule has 0 fully saturated rings. The van der Waals surface area contributed by atoms with E-state index in [1.165, 1.54) is 17.7 Å². The lowest BCUT2D eigenvalue weighted by molar-refractivity contribution is -0.116. The van der Waals surface area contributed by atoms with E-state index in [1.807, 2.05) is 35.6 Å². The van der Waals surface area contributed by atoms with Gasteiger partial charge in [-0.2, -0.15) is 0 Å². The third-order valence-corrected chi connectivity index (χ3v) is 3.57. The van der Waals surface area contributed by atoms with Crippen molar-refractivity contribution in [1.82, 2.24) is 9.88 Å². The molecule has 0 unspecified atom stereocenters. The van der Waals surface area contributed by atoms with Gasteiger partial charge in [-0.25, -0.2) is 4.79 Å². The van der Waals surface area contributed by atoms with Gasteiger partial charge in [0, 0.05) is 6.54 Å². The number of aromatic nitrogens is 1. The number of hydrogen-bond acceptors (Lipinski definition) is 5. The molecule has 1 N–H and O–H groups in total. The number of imide groups is 1. The molecule has 0 bridgehead atoms. The molecule has 3 rings (SSSR count). The summed E-state index contributed by atoms with van der Waals surface area (Å²) < 4.78 is 6.04. The molecular weight excluding hydrogens is 300 g/mol. The summed E-state index contributed by atoms with van der Waals surface area (Å²) in [6.45, 7) is 0.160. The van der Waals surface area contributed by atoms with Gasteiger partial charge in [0.15, 0.2) is 0 Å². The SMILES string of the molecule is COC(=O)c1cc2c(n1Cc1ccccc1)C(=O)C(=O)NC2=O. The lowest BCUT2D eigenvalue weighted by atomic mass is 10.1. The highest BCUT2D eigenvalue weighted by molar-refractivity contribution is 6.49. The van der Waals surface area contributed by atoms with Gasteiger partial charge < -0.3 is 9.30 Å². The minimum absolute atomic E-state index is 0.00840. The molecule has 0 spiro atoms. The quantitative estimate of drug-likeness (QED) is 0.513. The zero-order valence-electron chi connectivity index (χ0n) is 12.2. The summed E-state index contributed by atoms with van der Waals surface area (Å²) >= 11 is 0. The number of rotatable bonds is 3. The lowest BCUT2D eigenvalue weighted by Crippen LogP contribution is -2.42. The number of methoxy groups -OCH3 is 1. The van der Waals surface area contributed by atoms with Crippen LogP contribution in [0, 0.1) is 0 Å². The summed E-state index contributed by atoms with van der Waals surface area (Å²) in [4.78, 5) is 47.7. The van der Waals surface area contributed by atoms with Crippen molar-refractivity contribution in [1.29, 1.82) is 0 Å². The fourth-order valence-corrected chi connectivity index (χ4v) is 2.51. The Balaban J connectivity index is 2.19. The average Bonchev–Trinajstić information content (AvgIpc) is 2.93. The number of esters is 1. The van der Waals surface area contributed by atoms with Crippen LogP contribution in [0.5, 0.6) is 0 Å². The Morgan fingerprint density at radius 3 is 2.48 bits per heavy atom. The maximum Gasteiger partial charge on any atom is 0.354 e. The summed E-state index contributed by atoms with van der Waals surface area (Å²) in [5.41, 5.74) is 0.746. The Morgan fingerprint density at radius 1 is 1.13 bits per heavy atom. The largest absolute Gasteiger partial charge is 0.464 e. The Bertz CT molecular complexity index is 836. The molecule has 23 heavy (non-hydrogen) atoms. The van der Waals surface area contributed by atoms with Crippen molar-refractivity contribution in [3.63, 3.8) is 0 Å². The van der Waals surface area contributed by atoms with Crippen molar-refractivity contribution in [2.75, 3.05) is 7.11 Å². The number of Topliss-reactive ketones (excluding diaryl/α,β-unsaturated/α-hetero) is 1. The number of carbonyl (C=O) groups is 4. The van der Waals surface area contributed by atoms with E-state index in [2.05, 4.69) is 0 Å². The van der Waals surface area contributed by atoms with Gasteiger partial charge in [-0.05, 0) is 11.6 Å². The molecule has 7 heteroatoms. The highest BCUT2D eigenvalue weighted by Gasteiger charge is 2.36. The predicted octanol–water partition coefficient (Wildman–Crippen LogP) is 0.776. The maximum atomic E-state index is 12.2. The number of ketones is 1. The molecule has 0 atom stereocenters. The van der Waals surface area contributed by atoms with Crippen molar-refractivity contribution >= 4 is 23.6 Å². The normalized spacial score (nSPS) is 13.5. The van der Waals surface area contributed by atoms with Crippen LogP contribution in [0.1, 0.15) is 36.9 Å². The molecule has 116 valence electrons. The van der Waals surface area contributed by atoms with Crippen molar-refractivity contribution in [3.05, 3.63) is 58.9 Å². The Morgan fingerprint density at radius 2 is 1.83 bits per heavy atom. The molecule has 0 radical (unpaired) electrons. The summed E-state index contributed by atoms with van der Waals surface area (Å²) in [6.07, 6.45) is 0. The van der Waals surface area contributed by atoms with Gasteiger partial charge in [-0.3, -0.25) is 19.7 Å². The smallest absolute Gasteiger partial charge is 0.354 e. The standard InChI is InChI=1S/C16H12N2O5/c1-23-16(22)11-7-10-12(13(19)15(21)17-14(10)20)18(11)8-9-5-3-2-4-6-9/h2-7H,8H2,1H3,(H,17,20,21). The lowest BCUT2D eigenvalue weighted by Gasteiger charge is -2.15. The van der Waals surface area contributed by atoms with E-state index in [0.717, 1.165) is 5.56 Å². The first-order chi connectivity index (χ1) is 11.0. The van der Waals surface area contributed by atoms with Gasteiger partial charge in [0.25, 0.3) is 11.7 Å². The predicted molar refractivity (Wildman–Crippen MR) is 78.1 cm³/mol. The molecule has 2 amide bonds. The second-order valence-corrected chi connectivity index (χ2v) is 4.97. The molecule has 0 aliphatic carbocycles. The number of nitrogens with one attached hydrogen (secondary N) is 1. The fourth-order valence-electron chi connectivity index (χ4n) is 2.51. The summed E-state index contributed by atoms with van der Waals surface area (Å²) in [5.74, 6) is -3.26. The topological polar surface area (TPSA) is 94.5 Å². The Hall–Kier alpha value is -3.22. The van der Waals surface area contributed by atoms with Crippen molar-refractivity contribution < 1.29 is 23.9 Å². The number of hydrogen-bond donors (Lipinski definition) is 1. The third-order valence-electron chi connectivity index (χ3n) is 3.57. The number of benzene rings is 1. The number of nitrogens with zero attached hydrogens (tertiary/aromatic N) is 1. The van der Waals surface area contributed by atoms with Crippen LogP contribution >= 0.6 is 0 Å². The summed E-state index contributed by atoms with van der Waals surface area (Å²) in [5, 5.41) is 1.95. The molecule has 2 heterocycles. The molecule has 0 saturated carbocycles. The average molecular weight is 312 g/mol. The number of ether oxygens (including phenoxy) is 1. The summed E-state index contributed by atoms with van der Waals surface area (Å²) in [6, 6.07) is 10.3. The van der Waals surface area contributed by atoms with Crippen LogP contribution in [0.15, 0.2) is 36.4 Å².